The highest BCUT2D eigenvalue weighted by molar-refractivity contribution is 7.13. The van der Waals surface area contributed by atoms with Crippen molar-refractivity contribution in [2.75, 3.05) is 0 Å². The van der Waals surface area contributed by atoms with E-state index >= 15 is 0 Å². The van der Waals surface area contributed by atoms with Crippen LogP contribution in [0.1, 0.15) is 16.8 Å². The van der Waals surface area contributed by atoms with Gasteiger partial charge in [0.25, 0.3) is 0 Å². The molecule has 3 aromatic rings. The minimum atomic E-state index is 0.887. The van der Waals surface area contributed by atoms with E-state index < -0.39 is 0 Å². The SMILES string of the molecule is Cc1cccc(Cc2csc(-c3cccnc3)n2)c1. The molecule has 0 N–H and O–H groups in total. The summed E-state index contributed by atoms with van der Waals surface area (Å²) in [5.41, 5.74) is 4.81. The topological polar surface area (TPSA) is 25.8 Å². The molecular weight excluding hydrogens is 252 g/mol. The summed E-state index contributed by atoms with van der Waals surface area (Å²) in [5.74, 6) is 0. The molecule has 0 aliphatic rings. The second-order valence-corrected chi connectivity index (χ2v) is 5.41. The van der Waals surface area contributed by atoms with Crippen LogP contribution in [0, 0.1) is 6.92 Å². The van der Waals surface area contributed by atoms with E-state index in [1.54, 1.807) is 17.5 Å². The maximum Gasteiger partial charge on any atom is 0.125 e. The van der Waals surface area contributed by atoms with Gasteiger partial charge in [-0.2, -0.15) is 0 Å². The van der Waals surface area contributed by atoms with E-state index in [0.29, 0.717) is 0 Å². The molecular formula is C16H14N2S. The zero-order chi connectivity index (χ0) is 13.1. The summed E-state index contributed by atoms with van der Waals surface area (Å²) in [5, 5.41) is 3.17. The number of benzene rings is 1. The van der Waals surface area contributed by atoms with Gasteiger partial charge in [-0.3, -0.25) is 4.98 Å². The molecule has 2 heterocycles. The van der Waals surface area contributed by atoms with E-state index in [9.17, 15) is 0 Å². The summed E-state index contributed by atoms with van der Waals surface area (Å²) in [6, 6.07) is 12.6. The number of rotatable bonds is 3. The van der Waals surface area contributed by atoms with Crippen LogP contribution >= 0.6 is 11.3 Å². The Hall–Kier alpha value is -2.00. The molecule has 0 unspecified atom stereocenters. The van der Waals surface area contributed by atoms with E-state index in [1.807, 2.05) is 18.3 Å². The Kier molecular flexibility index (Phi) is 3.38. The monoisotopic (exact) mass is 266 g/mol. The van der Waals surface area contributed by atoms with E-state index in [1.165, 1.54) is 11.1 Å². The molecule has 0 bridgehead atoms. The van der Waals surface area contributed by atoms with Crippen molar-refractivity contribution >= 4 is 11.3 Å². The first-order chi connectivity index (χ1) is 9.31. The van der Waals surface area contributed by atoms with Crippen LogP contribution < -0.4 is 0 Å². The molecule has 1 aromatic carbocycles. The first kappa shape index (κ1) is 12.1. The molecule has 3 rings (SSSR count). The second kappa shape index (κ2) is 5.33. The van der Waals surface area contributed by atoms with Gasteiger partial charge in [0, 0.05) is 29.8 Å². The van der Waals surface area contributed by atoms with Gasteiger partial charge in [-0.05, 0) is 24.6 Å². The summed E-state index contributed by atoms with van der Waals surface area (Å²) in [6.45, 7) is 2.12. The van der Waals surface area contributed by atoms with Crippen molar-refractivity contribution in [3.63, 3.8) is 0 Å². The van der Waals surface area contributed by atoms with Gasteiger partial charge < -0.3 is 0 Å². The lowest BCUT2D eigenvalue weighted by atomic mass is 10.1. The zero-order valence-corrected chi connectivity index (χ0v) is 11.5. The Bertz CT molecular complexity index is 674. The maximum absolute atomic E-state index is 4.68. The Morgan fingerprint density at radius 2 is 2.11 bits per heavy atom. The summed E-state index contributed by atoms with van der Waals surface area (Å²) >= 11 is 1.67. The number of hydrogen-bond donors (Lipinski definition) is 0. The molecule has 0 spiro atoms. The first-order valence-electron chi connectivity index (χ1n) is 6.21. The van der Waals surface area contributed by atoms with Crippen LogP contribution in [-0.4, -0.2) is 9.97 Å². The highest BCUT2D eigenvalue weighted by Gasteiger charge is 2.05. The summed E-state index contributed by atoms with van der Waals surface area (Å²) in [7, 11) is 0. The highest BCUT2D eigenvalue weighted by atomic mass is 32.1. The molecule has 0 aliphatic carbocycles. The molecule has 2 nitrogen and oxygen atoms in total. The highest BCUT2D eigenvalue weighted by Crippen LogP contribution is 2.23. The fraction of sp³-hybridized carbons (Fsp3) is 0.125. The quantitative estimate of drug-likeness (QED) is 0.713. The van der Waals surface area contributed by atoms with Crippen molar-refractivity contribution in [2.45, 2.75) is 13.3 Å². The van der Waals surface area contributed by atoms with E-state index in [4.69, 9.17) is 0 Å². The number of pyridine rings is 1. The molecule has 0 radical (unpaired) electrons. The summed E-state index contributed by atoms with van der Waals surface area (Å²) in [6.07, 6.45) is 4.53. The normalized spacial score (nSPS) is 10.6. The lowest BCUT2D eigenvalue weighted by molar-refractivity contribution is 1.10. The molecule has 0 atom stereocenters. The van der Waals surface area contributed by atoms with Crippen LogP contribution in [0.15, 0.2) is 54.2 Å². The smallest absolute Gasteiger partial charge is 0.125 e. The van der Waals surface area contributed by atoms with Gasteiger partial charge in [0.05, 0.1) is 5.69 Å². The predicted molar refractivity (Wildman–Crippen MR) is 79.3 cm³/mol. The fourth-order valence-electron chi connectivity index (χ4n) is 2.04. The molecule has 0 fully saturated rings. The fourth-order valence-corrected chi connectivity index (χ4v) is 2.85. The molecule has 0 saturated heterocycles. The Morgan fingerprint density at radius 3 is 2.89 bits per heavy atom. The standard InChI is InChI=1S/C16H14N2S/c1-12-4-2-5-13(8-12)9-15-11-19-16(18-15)14-6-3-7-17-10-14/h2-8,10-11H,9H2,1H3. The zero-order valence-electron chi connectivity index (χ0n) is 10.7. The summed E-state index contributed by atoms with van der Waals surface area (Å²) in [4.78, 5) is 8.82. The Balaban J connectivity index is 1.82. The molecule has 19 heavy (non-hydrogen) atoms. The number of nitrogens with zero attached hydrogens (tertiary/aromatic N) is 2. The van der Waals surface area contributed by atoms with Gasteiger partial charge in [-0.25, -0.2) is 4.98 Å². The van der Waals surface area contributed by atoms with Crippen LogP contribution in [0.5, 0.6) is 0 Å². The van der Waals surface area contributed by atoms with Crippen LogP contribution in [0.3, 0.4) is 0 Å². The third-order valence-corrected chi connectivity index (χ3v) is 3.87. The van der Waals surface area contributed by atoms with Crippen molar-refractivity contribution in [1.29, 1.82) is 0 Å². The molecule has 0 aliphatic heterocycles. The largest absolute Gasteiger partial charge is 0.264 e. The van der Waals surface area contributed by atoms with Crippen molar-refractivity contribution in [1.82, 2.24) is 9.97 Å². The Labute approximate surface area is 116 Å². The first-order valence-corrected chi connectivity index (χ1v) is 7.09. The molecule has 3 heteroatoms. The van der Waals surface area contributed by atoms with Gasteiger partial charge in [0.1, 0.15) is 5.01 Å². The minimum absolute atomic E-state index is 0.887. The molecule has 0 saturated carbocycles. The number of aryl methyl sites for hydroxylation is 1. The minimum Gasteiger partial charge on any atom is -0.264 e. The van der Waals surface area contributed by atoms with Crippen LogP contribution in [-0.2, 0) is 6.42 Å². The van der Waals surface area contributed by atoms with E-state index in [-0.39, 0.29) is 0 Å². The van der Waals surface area contributed by atoms with Crippen LogP contribution in [0.2, 0.25) is 0 Å². The lowest BCUT2D eigenvalue weighted by Gasteiger charge is -1.99. The number of aromatic nitrogens is 2. The lowest BCUT2D eigenvalue weighted by Crippen LogP contribution is -1.89. The van der Waals surface area contributed by atoms with Gasteiger partial charge in [-0.1, -0.05) is 29.8 Å². The average molecular weight is 266 g/mol. The third kappa shape index (κ3) is 2.88. The van der Waals surface area contributed by atoms with E-state index in [0.717, 1.165) is 22.7 Å². The van der Waals surface area contributed by atoms with Gasteiger partial charge in [-0.15, -0.1) is 11.3 Å². The Morgan fingerprint density at radius 1 is 1.16 bits per heavy atom. The second-order valence-electron chi connectivity index (χ2n) is 4.55. The van der Waals surface area contributed by atoms with Crippen LogP contribution in [0.25, 0.3) is 10.6 Å². The molecule has 0 amide bonds. The third-order valence-electron chi connectivity index (χ3n) is 2.93. The maximum atomic E-state index is 4.68. The number of thiazole rings is 1. The van der Waals surface area contributed by atoms with Gasteiger partial charge >= 0.3 is 0 Å². The van der Waals surface area contributed by atoms with Crippen molar-refractivity contribution < 1.29 is 0 Å². The molecule has 94 valence electrons. The van der Waals surface area contributed by atoms with E-state index in [2.05, 4.69) is 46.5 Å². The average Bonchev–Trinajstić information content (AvgIpc) is 2.88. The predicted octanol–water partition coefficient (Wildman–Crippen LogP) is 4.10. The van der Waals surface area contributed by atoms with Gasteiger partial charge in [0.15, 0.2) is 0 Å². The van der Waals surface area contributed by atoms with Crippen molar-refractivity contribution in [3.05, 3.63) is 71.0 Å². The number of hydrogen-bond acceptors (Lipinski definition) is 3. The van der Waals surface area contributed by atoms with Crippen LogP contribution in [0.4, 0.5) is 0 Å². The van der Waals surface area contributed by atoms with Crippen molar-refractivity contribution in [2.24, 2.45) is 0 Å². The molecule has 2 aromatic heterocycles. The van der Waals surface area contributed by atoms with Gasteiger partial charge in [0.2, 0.25) is 0 Å². The van der Waals surface area contributed by atoms with Crippen molar-refractivity contribution in [3.8, 4) is 10.6 Å². The summed E-state index contributed by atoms with van der Waals surface area (Å²) < 4.78 is 0.